The van der Waals surface area contributed by atoms with Gasteiger partial charge in [-0.15, -0.1) is 0 Å². The molecule has 11 heteroatoms. The van der Waals surface area contributed by atoms with E-state index in [4.69, 9.17) is 4.74 Å². The van der Waals surface area contributed by atoms with E-state index >= 15 is 0 Å². The number of hydrogen-bond donors (Lipinski definition) is 2. The first-order valence-electron chi connectivity index (χ1n) is 10.8. The minimum absolute atomic E-state index is 0.179. The fourth-order valence-electron chi connectivity index (χ4n) is 3.55. The van der Waals surface area contributed by atoms with Crippen molar-refractivity contribution in [1.29, 1.82) is 0 Å². The minimum Gasteiger partial charge on any atom is -0.439 e. The fourth-order valence-corrected chi connectivity index (χ4v) is 3.55. The first-order valence-corrected chi connectivity index (χ1v) is 10.8. The van der Waals surface area contributed by atoms with E-state index in [0.29, 0.717) is 47.3 Å². The maximum Gasteiger partial charge on any atom is 0.419 e. The van der Waals surface area contributed by atoms with E-state index in [2.05, 4.69) is 20.6 Å². The van der Waals surface area contributed by atoms with Gasteiger partial charge < -0.3 is 15.4 Å². The number of alkyl halides is 3. The van der Waals surface area contributed by atoms with Crippen LogP contribution in [0.3, 0.4) is 0 Å². The summed E-state index contributed by atoms with van der Waals surface area (Å²) >= 11 is 0. The summed E-state index contributed by atoms with van der Waals surface area (Å²) in [6, 6.07) is 10.6. The SMILES string of the molecule is O=C(Nc1ccc(F)c(C(F)(F)F)c1)n1ccc2cc(Oc3cc(CNC4CC4)ncn3)ccc21. The number of carbonyl (C=O) groups is 1. The van der Waals surface area contributed by atoms with Gasteiger partial charge in [0.1, 0.15) is 17.9 Å². The molecule has 2 aromatic heterocycles. The Hall–Kier alpha value is -3.99. The summed E-state index contributed by atoms with van der Waals surface area (Å²) in [6.07, 6.45) is 0.372. The first-order chi connectivity index (χ1) is 16.8. The molecule has 2 aromatic carbocycles. The second-order valence-electron chi connectivity index (χ2n) is 8.13. The van der Waals surface area contributed by atoms with E-state index in [1.165, 1.54) is 29.9 Å². The van der Waals surface area contributed by atoms with Crippen LogP contribution < -0.4 is 15.4 Å². The number of aromatic nitrogens is 3. The highest BCUT2D eigenvalue weighted by atomic mass is 19.4. The van der Waals surface area contributed by atoms with Crippen molar-refractivity contribution in [2.24, 2.45) is 0 Å². The standard InChI is InChI=1S/C24H19F4N5O2/c25-20-5-3-16(10-19(20)24(26,27)28)32-23(34)33-8-7-14-9-18(4-6-21(14)33)35-22-11-17(30-13-31-22)12-29-15-1-2-15/h3-11,13,15,29H,1-2,12H2,(H,32,34). The number of nitrogens with one attached hydrogen (secondary N) is 2. The molecule has 1 fully saturated rings. The third-order valence-electron chi connectivity index (χ3n) is 5.47. The van der Waals surface area contributed by atoms with Crippen LogP contribution >= 0.6 is 0 Å². The summed E-state index contributed by atoms with van der Waals surface area (Å²) in [7, 11) is 0. The van der Waals surface area contributed by atoms with E-state index < -0.39 is 23.6 Å². The molecule has 4 aromatic rings. The van der Waals surface area contributed by atoms with Crippen LogP contribution in [0.4, 0.5) is 28.0 Å². The van der Waals surface area contributed by atoms with Crippen LogP contribution in [0.5, 0.6) is 11.6 Å². The predicted molar refractivity (Wildman–Crippen MR) is 120 cm³/mol. The highest BCUT2D eigenvalue weighted by Crippen LogP contribution is 2.33. The Bertz CT molecular complexity index is 1400. The Labute approximate surface area is 196 Å². The van der Waals surface area contributed by atoms with Gasteiger partial charge in [-0.25, -0.2) is 19.2 Å². The molecular weight excluding hydrogens is 466 g/mol. The molecule has 0 unspecified atom stereocenters. The summed E-state index contributed by atoms with van der Waals surface area (Å²) in [5.74, 6) is -0.547. The molecule has 0 bridgehead atoms. The molecule has 1 aliphatic rings. The number of hydrogen-bond acceptors (Lipinski definition) is 5. The third kappa shape index (κ3) is 5.24. The number of halogens is 4. The van der Waals surface area contributed by atoms with Gasteiger partial charge in [0.05, 0.1) is 16.8 Å². The Morgan fingerprint density at radius 1 is 1.09 bits per heavy atom. The van der Waals surface area contributed by atoms with Crippen LogP contribution in [0.15, 0.2) is 61.1 Å². The molecule has 0 aliphatic heterocycles. The molecule has 0 radical (unpaired) electrons. The first kappa shape index (κ1) is 22.8. The van der Waals surface area contributed by atoms with E-state index in [1.807, 2.05) is 0 Å². The van der Waals surface area contributed by atoms with E-state index in [-0.39, 0.29) is 5.69 Å². The Morgan fingerprint density at radius 2 is 1.91 bits per heavy atom. The maximum atomic E-state index is 13.5. The van der Waals surface area contributed by atoms with Crippen LogP contribution in [-0.4, -0.2) is 26.6 Å². The molecule has 2 N–H and O–H groups in total. The maximum absolute atomic E-state index is 13.5. The van der Waals surface area contributed by atoms with Crippen molar-refractivity contribution in [3.8, 4) is 11.6 Å². The Balaban J connectivity index is 1.31. The molecule has 180 valence electrons. The van der Waals surface area contributed by atoms with Gasteiger partial charge in [0.25, 0.3) is 0 Å². The van der Waals surface area contributed by atoms with Gasteiger partial charge in [0.2, 0.25) is 5.88 Å². The molecule has 35 heavy (non-hydrogen) atoms. The fraction of sp³-hybridized carbons (Fsp3) is 0.208. The largest absolute Gasteiger partial charge is 0.439 e. The summed E-state index contributed by atoms with van der Waals surface area (Å²) in [5.41, 5.74) is -0.322. The Kier molecular flexibility index (Phi) is 5.85. The minimum atomic E-state index is -4.88. The number of amides is 1. The van der Waals surface area contributed by atoms with Crippen molar-refractivity contribution in [3.05, 3.63) is 78.1 Å². The number of carbonyl (C=O) groups excluding carboxylic acids is 1. The lowest BCUT2D eigenvalue weighted by molar-refractivity contribution is -0.139. The zero-order valence-corrected chi connectivity index (χ0v) is 18.1. The van der Waals surface area contributed by atoms with Crippen molar-refractivity contribution < 1.29 is 27.1 Å². The number of anilines is 1. The topological polar surface area (TPSA) is 81.1 Å². The molecule has 0 spiro atoms. The lowest BCUT2D eigenvalue weighted by atomic mass is 10.2. The van der Waals surface area contributed by atoms with Crippen molar-refractivity contribution in [2.45, 2.75) is 31.6 Å². The summed E-state index contributed by atoms with van der Waals surface area (Å²) in [4.78, 5) is 21.0. The number of nitrogens with zero attached hydrogens (tertiary/aromatic N) is 3. The zero-order chi connectivity index (χ0) is 24.6. The van der Waals surface area contributed by atoms with Gasteiger partial charge in [-0.1, -0.05) is 0 Å². The quantitative estimate of drug-likeness (QED) is 0.342. The van der Waals surface area contributed by atoms with Crippen LogP contribution in [0, 0.1) is 5.82 Å². The molecule has 1 amide bonds. The lowest BCUT2D eigenvalue weighted by Gasteiger charge is -2.12. The smallest absolute Gasteiger partial charge is 0.419 e. The van der Waals surface area contributed by atoms with Gasteiger partial charge in [0, 0.05) is 35.9 Å². The number of ether oxygens (including phenoxy) is 1. The van der Waals surface area contributed by atoms with Crippen LogP contribution in [0.2, 0.25) is 0 Å². The summed E-state index contributed by atoms with van der Waals surface area (Å²) in [6.45, 7) is 0.624. The van der Waals surface area contributed by atoms with E-state index in [0.717, 1.165) is 11.8 Å². The highest BCUT2D eigenvalue weighted by Gasteiger charge is 2.34. The van der Waals surface area contributed by atoms with Crippen molar-refractivity contribution >= 4 is 22.6 Å². The predicted octanol–water partition coefficient (Wildman–Crippen LogP) is 5.71. The number of rotatable bonds is 6. The van der Waals surface area contributed by atoms with E-state index in [9.17, 15) is 22.4 Å². The monoisotopic (exact) mass is 485 g/mol. The second kappa shape index (κ2) is 8.99. The second-order valence-corrected chi connectivity index (χ2v) is 8.13. The van der Waals surface area contributed by atoms with Crippen molar-refractivity contribution in [1.82, 2.24) is 19.9 Å². The molecule has 1 saturated carbocycles. The average Bonchev–Trinajstić information content (AvgIpc) is 3.55. The van der Waals surface area contributed by atoms with Crippen LogP contribution in [0.1, 0.15) is 24.1 Å². The molecule has 1 aliphatic carbocycles. The van der Waals surface area contributed by atoms with Gasteiger partial charge >= 0.3 is 12.2 Å². The molecule has 2 heterocycles. The lowest BCUT2D eigenvalue weighted by Crippen LogP contribution is -2.19. The molecule has 7 nitrogen and oxygen atoms in total. The molecular formula is C24H19F4N5O2. The van der Waals surface area contributed by atoms with Crippen molar-refractivity contribution in [2.75, 3.05) is 5.32 Å². The summed E-state index contributed by atoms with van der Waals surface area (Å²) in [5, 5.41) is 6.40. The molecule has 0 saturated heterocycles. The molecule has 0 atom stereocenters. The van der Waals surface area contributed by atoms with Gasteiger partial charge in [-0.2, -0.15) is 13.2 Å². The average molecular weight is 485 g/mol. The number of benzene rings is 2. The van der Waals surface area contributed by atoms with Crippen LogP contribution in [-0.2, 0) is 12.7 Å². The third-order valence-corrected chi connectivity index (χ3v) is 5.47. The zero-order valence-electron chi connectivity index (χ0n) is 18.1. The van der Waals surface area contributed by atoms with Crippen LogP contribution in [0.25, 0.3) is 10.9 Å². The van der Waals surface area contributed by atoms with Gasteiger partial charge in [-0.05, 0) is 55.3 Å². The highest BCUT2D eigenvalue weighted by molar-refractivity contribution is 5.98. The van der Waals surface area contributed by atoms with Crippen molar-refractivity contribution in [3.63, 3.8) is 0 Å². The summed E-state index contributed by atoms with van der Waals surface area (Å²) < 4.78 is 59.5. The van der Waals surface area contributed by atoms with Gasteiger partial charge in [-0.3, -0.25) is 4.57 Å². The van der Waals surface area contributed by atoms with Gasteiger partial charge in [0.15, 0.2) is 0 Å². The van der Waals surface area contributed by atoms with E-state index in [1.54, 1.807) is 30.3 Å². The normalized spacial score (nSPS) is 13.7. The Morgan fingerprint density at radius 3 is 2.69 bits per heavy atom. The molecule has 5 rings (SSSR count). The number of fused-ring (bicyclic) bond motifs is 1.